The Balaban J connectivity index is 1.80. The first-order valence-corrected chi connectivity index (χ1v) is 10.5. The zero-order chi connectivity index (χ0) is 20.4. The van der Waals surface area contributed by atoms with Gasteiger partial charge in [-0.05, 0) is 42.5 Å². The van der Waals surface area contributed by atoms with Crippen LogP contribution < -0.4 is 5.56 Å². The number of benzene rings is 3. The van der Waals surface area contributed by atoms with Gasteiger partial charge >= 0.3 is 0 Å². The summed E-state index contributed by atoms with van der Waals surface area (Å²) in [6.45, 7) is 0. The fourth-order valence-electron chi connectivity index (χ4n) is 2.89. The van der Waals surface area contributed by atoms with Crippen molar-refractivity contribution in [3.8, 4) is 5.69 Å². The van der Waals surface area contributed by atoms with Crippen molar-refractivity contribution in [3.05, 3.63) is 98.8 Å². The number of carbonyl (C=O) groups excluding carboxylic acids is 1. The third-order valence-electron chi connectivity index (χ3n) is 4.31. The van der Waals surface area contributed by atoms with E-state index in [1.54, 1.807) is 54.6 Å². The number of halogens is 2. The molecular weight excluding hydrogens is 427 g/mol. The third kappa shape index (κ3) is 4.22. The molecule has 0 aliphatic carbocycles. The Morgan fingerprint density at radius 3 is 2.34 bits per heavy atom. The van der Waals surface area contributed by atoms with Gasteiger partial charge in [0, 0.05) is 15.6 Å². The minimum Gasteiger partial charge on any atom is -0.293 e. The largest absolute Gasteiger partial charge is 0.293 e. The predicted molar refractivity (Wildman–Crippen MR) is 119 cm³/mol. The molecule has 0 radical (unpaired) electrons. The van der Waals surface area contributed by atoms with Crippen molar-refractivity contribution < 1.29 is 4.79 Å². The number of fused-ring (bicyclic) bond motifs is 1. The number of hydrogen-bond donors (Lipinski definition) is 0. The van der Waals surface area contributed by atoms with Crippen molar-refractivity contribution in [3.63, 3.8) is 0 Å². The van der Waals surface area contributed by atoms with Crippen LogP contribution in [0.25, 0.3) is 16.6 Å². The molecule has 29 heavy (non-hydrogen) atoms. The Bertz CT molecular complexity index is 1260. The molecule has 3 aromatic carbocycles. The average molecular weight is 441 g/mol. The van der Waals surface area contributed by atoms with Crippen LogP contribution in [-0.2, 0) is 0 Å². The number of ketones is 1. The van der Waals surface area contributed by atoms with E-state index in [2.05, 4.69) is 4.98 Å². The second-order valence-electron chi connectivity index (χ2n) is 6.25. The fourth-order valence-corrected chi connectivity index (χ4v) is 4.09. The van der Waals surface area contributed by atoms with E-state index in [9.17, 15) is 9.59 Å². The number of thioether (sulfide) groups is 1. The maximum absolute atomic E-state index is 13.2. The smallest absolute Gasteiger partial charge is 0.266 e. The molecule has 0 spiro atoms. The highest BCUT2D eigenvalue weighted by molar-refractivity contribution is 7.99. The highest BCUT2D eigenvalue weighted by Crippen LogP contribution is 2.24. The first-order chi connectivity index (χ1) is 14.0. The molecule has 0 atom stereocenters. The summed E-state index contributed by atoms with van der Waals surface area (Å²) in [5.74, 6) is 0.106. The molecule has 1 heterocycles. The molecule has 0 bridgehead atoms. The molecule has 4 aromatic rings. The summed E-state index contributed by atoms with van der Waals surface area (Å²) >= 11 is 13.3. The quantitative estimate of drug-likeness (QED) is 0.228. The number of carbonyl (C=O) groups is 1. The minimum absolute atomic E-state index is 0.0429. The number of Topliss-reactive ketones (excluding diaryl/α,β-unsaturated/α-hetero) is 1. The zero-order valence-corrected chi connectivity index (χ0v) is 17.3. The van der Waals surface area contributed by atoms with Crippen LogP contribution in [0.4, 0.5) is 0 Å². The van der Waals surface area contributed by atoms with Crippen LogP contribution in [-0.4, -0.2) is 21.1 Å². The van der Waals surface area contributed by atoms with Gasteiger partial charge in [-0.25, -0.2) is 4.98 Å². The lowest BCUT2D eigenvalue weighted by Crippen LogP contribution is -2.22. The van der Waals surface area contributed by atoms with Crippen LogP contribution in [0.15, 0.2) is 82.7 Å². The minimum atomic E-state index is -0.233. The van der Waals surface area contributed by atoms with Crippen molar-refractivity contribution in [2.45, 2.75) is 5.16 Å². The maximum Gasteiger partial charge on any atom is 0.266 e. The standard InChI is InChI=1S/C22H14Cl2N2O2S/c23-15-6-9-17(10-7-15)26-21(28)18-11-8-16(24)12-19(18)25-22(26)29-13-20(27)14-4-2-1-3-5-14/h1-12H,13H2. The molecule has 0 fully saturated rings. The van der Waals surface area contributed by atoms with Crippen LogP contribution in [0.2, 0.25) is 10.0 Å². The van der Waals surface area contributed by atoms with Crippen LogP contribution in [0, 0.1) is 0 Å². The lowest BCUT2D eigenvalue weighted by Gasteiger charge is -2.13. The topological polar surface area (TPSA) is 52.0 Å². The first kappa shape index (κ1) is 19.7. The van der Waals surface area contributed by atoms with Gasteiger partial charge in [-0.15, -0.1) is 0 Å². The van der Waals surface area contributed by atoms with Crippen molar-refractivity contribution >= 4 is 51.6 Å². The number of nitrogens with zero attached hydrogens (tertiary/aromatic N) is 2. The van der Waals surface area contributed by atoms with Gasteiger partial charge in [-0.1, -0.05) is 65.3 Å². The van der Waals surface area contributed by atoms with E-state index in [0.29, 0.717) is 37.4 Å². The van der Waals surface area contributed by atoms with E-state index in [-0.39, 0.29) is 17.1 Å². The van der Waals surface area contributed by atoms with Crippen LogP contribution in [0.1, 0.15) is 10.4 Å². The van der Waals surface area contributed by atoms with Crippen LogP contribution in [0.5, 0.6) is 0 Å². The highest BCUT2D eigenvalue weighted by atomic mass is 35.5. The van der Waals surface area contributed by atoms with Gasteiger partial charge in [0.25, 0.3) is 5.56 Å². The van der Waals surface area contributed by atoms with E-state index in [1.807, 2.05) is 18.2 Å². The highest BCUT2D eigenvalue weighted by Gasteiger charge is 2.16. The Morgan fingerprint density at radius 2 is 1.62 bits per heavy atom. The predicted octanol–water partition coefficient (Wildman–Crippen LogP) is 5.67. The molecule has 0 aliphatic heterocycles. The molecule has 0 N–H and O–H groups in total. The van der Waals surface area contributed by atoms with Gasteiger partial charge in [-0.3, -0.25) is 14.2 Å². The van der Waals surface area contributed by atoms with Crippen molar-refractivity contribution in [1.82, 2.24) is 9.55 Å². The van der Waals surface area contributed by atoms with Gasteiger partial charge in [0.2, 0.25) is 0 Å². The fraction of sp³-hybridized carbons (Fsp3) is 0.0455. The van der Waals surface area contributed by atoms with Gasteiger partial charge < -0.3 is 0 Å². The molecule has 0 saturated carbocycles. The molecule has 7 heteroatoms. The molecule has 144 valence electrons. The molecule has 0 amide bonds. The van der Waals surface area contributed by atoms with E-state index < -0.39 is 0 Å². The van der Waals surface area contributed by atoms with Crippen molar-refractivity contribution in [2.75, 3.05) is 5.75 Å². The molecule has 1 aromatic heterocycles. The second kappa shape index (κ2) is 8.41. The third-order valence-corrected chi connectivity index (χ3v) is 5.74. The molecule has 4 rings (SSSR count). The molecular formula is C22H14Cl2N2O2S. The second-order valence-corrected chi connectivity index (χ2v) is 8.07. The summed E-state index contributed by atoms with van der Waals surface area (Å²) in [5, 5.41) is 1.92. The summed E-state index contributed by atoms with van der Waals surface area (Å²) in [5.41, 5.74) is 1.49. The summed E-state index contributed by atoms with van der Waals surface area (Å²) in [7, 11) is 0. The summed E-state index contributed by atoms with van der Waals surface area (Å²) < 4.78 is 1.50. The molecule has 4 nitrogen and oxygen atoms in total. The van der Waals surface area contributed by atoms with Gasteiger partial charge in [-0.2, -0.15) is 0 Å². The summed E-state index contributed by atoms with van der Waals surface area (Å²) in [6, 6.07) is 20.9. The van der Waals surface area contributed by atoms with Gasteiger partial charge in [0.15, 0.2) is 10.9 Å². The number of hydrogen-bond acceptors (Lipinski definition) is 4. The van der Waals surface area contributed by atoms with Crippen molar-refractivity contribution in [1.29, 1.82) is 0 Å². The zero-order valence-electron chi connectivity index (χ0n) is 15.0. The normalized spacial score (nSPS) is 11.0. The molecule has 0 unspecified atom stereocenters. The van der Waals surface area contributed by atoms with Gasteiger partial charge in [0.05, 0.1) is 22.3 Å². The molecule has 0 saturated heterocycles. The lowest BCUT2D eigenvalue weighted by molar-refractivity contribution is 0.102. The summed E-state index contributed by atoms with van der Waals surface area (Å²) in [6.07, 6.45) is 0. The summed E-state index contributed by atoms with van der Waals surface area (Å²) in [4.78, 5) is 30.4. The Kier molecular flexibility index (Phi) is 5.72. The lowest BCUT2D eigenvalue weighted by atomic mass is 10.2. The Labute approximate surface area is 181 Å². The van der Waals surface area contributed by atoms with Crippen molar-refractivity contribution in [2.24, 2.45) is 0 Å². The van der Waals surface area contributed by atoms with Crippen LogP contribution >= 0.6 is 35.0 Å². The average Bonchev–Trinajstić information content (AvgIpc) is 2.73. The molecule has 0 aliphatic rings. The first-order valence-electron chi connectivity index (χ1n) is 8.72. The Morgan fingerprint density at radius 1 is 0.931 bits per heavy atom. The number of aromatic nitrogens is 2. The van der Waals surface area contributed by atoms with Crippen LogP contribution in [0.3, 0.4) is 0 Å². The Hall–Kier alpha value is -2.60. The van der Waals surface area contributed by atoms with E-state index >= 15 is 0 Å². The monoisotopic (exact) mass is 440 g/mol. The van der Waals surface area contributed by atoms with Gasteiger partial charge in [0.1, 0.15) is 0 Å². The SMILES string of the molecule is O=C(CSc1nc2cc(Cl)ccc2c(=O)n1-c1ccc(Cl)cc1)c1ccccc1. The van der Waals surface area contributed by atoms with E-state index in [0.717, 1.165) is 0 Å². The number of rotatable bonds is 5. The van der Waals surface area contributed by atoms with E-state index in [4.69, 9.17) is 23.2 Å². The van der Waals surface area contributed by atoms with E-state index in [1.165, 1.54) is 16.3 Å². The maximum atomic E-state index is 13.2.